The number of carbonyl (C=O) groups is 1. The molecule has 122 valence electrons. The van der Waals surface area contributed by atoms with Crippen molar-refractivity contribution in [3.63, 3.8) is 0 Å². The molecule has 5 heteroatoms. The summed E-state index contributed by atoms with van der Waals surface area (Å²) in [5.41, 5.74) is 5.70. The number of hydrogen-bond acceptors (Lipinski definition) is 3. The molecule has 1 fully saturated rings. The summed E-state index contributed by atoms with van der Waals surface area (Å²) in [6.45, 7) is 4.23. The second kappa shape index (κ2) is 5.67. The van der Waals surface area contributed by atoms with E-state index in [-0.39, 0.29) is 5.91 Å². The number of anilines is 1. The zero-order chi connectivity index (χ0) is 16.8. The predicted molar refractivity (Wildman–Crippen MR) is 96.2 cm³/mol. The number of aromatic nitrogens is 1. The van der Waals surface area contributed by atoms with E-state index in [0.717, 1.165) is 15.8 Å². The fourth-order valence-corrected chi connectivity index (χ4v) is 3.75. The Labute approximate surface area is 143 Å². The van der Waals surface area contributed by atoms with Crippen LogP contribution in [-0.2, 0) is 4.79 Å². The van der Waals surface area contributed by atoms with Crippen LogP contribution >= 0.6 is 11.3 Å². The Balaban J connectivity index is 1.66. The minimum atomic E-state index is -0.990. The monoisotopic (exact) mass is 340 g/mol. The van der Waals surface area contributed by atoms with Crippen molar-refractivity contribution >= 4 is 32.6 Å². The highest BCUT2D eigenvalue weighted by Crippen LogP contribution is 2.36. The first-order valence-corrected chi connectivity index (χ1v) is 8.76. The van der Waals surface area contributed by atoms with Gasteiger partial charge in [0, 0.05) is 0 Å². The lowest BCUT2D eigenvalue weighted by Gasteiger charge is -2.08. The summed E-state index contributed by atoms with van der Waals surface area (Å²) in [7, 11) is 0. The fourth-order valence-electron chi connectivity index (χ4n) is 2.84. The van der Waals surface area contributed by atoms with Crippen LogP contribution in [0.3, 0.4) is 0 Å². The van der Waals surface area contributed by atoms with Crippen molar-refractivity contribution in [2.45, 2.75) is 26.4 Å². The van der Waals surface area contributed by atoms with Gasteiger partial charge in [-0.3, -0.25) is 4.79 Å². The van der Waals surface area contributed by atoms with E-state index in [1.54, 1.807) is 0 Å². The molecule has 2 aromatic carbocycles. The SMILES string of the molecule is Cc1cccc(-c2ccc3nc(NC(=O)C4CC4F)sc3c2)c1C. The van der Waals surface area contributed by atoms with Gasteiger partial charge in [-0.2, -0.15) is 0 Å². The molecule has 2 unspecified atom stereocenters. The summed E-state index contributed by atoms with van der Waals surface area (Å²) in [4.78, 5) is 16.3. The van der Waals surface area contributed by atoms with Gasteiger partial charge in [0.15, 0.2) is 5.13 Å². The van der Waals surface area contributed by atoms with Crippen LogP contribution in [-0.4, -0.2) is 17.1 Å². The minimum absolute atomic E-state index is 0.267. The number of hydrogen-bond donors (Lipinski definition) is 1. The van der Waals surface area contributed by atoms with Crippen molar-refractivity contribution in [2.75, 3.05) is 5.32 Å². The number of aryl methyl sites for hydroxylation is 1. The highest BCUT2D eigenvalue weighted by molar-refractivity contribution is 7.22. The van der Waals surface area contributed by atoms with E-state index >= 15 is 0 Å². The van der Waals surface area contributed by atoms with Crippen molar-refractivity contribution in [1.82, 2.24) is 4.98 Å². The van der Waals surface area contributed by atoms with Crippen LogP contribution in [0.15, 0.2) is 36.4 Å². The number of thiazole rings is 1. The second-order valence-corrected chi connectivity index (χ2v) is 7.33. The van der Waals surface area contributed by atoms with E-state index < -0.39 is 12.1 Å². The molecular weight excluding hydrogens is 323 g/mol. The number of nitrogens with zero attached hydrogens (tertiary/aromatic N) is 1. The van der Waals surface area contributed by atoms with Gasteiger partial charge in [0.05, 0.1) is 16.1 Å². The smallest absolute Gasteiger partial charge is 0.232 e. The molecule has 1 N–H and O–H groups in total. The van der Waals surface area contributed by atoms with Crippen LogP contribution in [0.1, 0.15) is 17.5 Å². The van der Waals surface area contributed by atoms with Crippen LogP contribution in [0, 0.1) is 19.8 Å². The Morgan fingerprint density at radius 2 is 2.08 bits per heavy atom. The molecule has 0 radical (unpaired) electrons. The molecular formula is C19H17FN2OS. The maximum absolute atomic E-state index is 13.0. The first-order chi connectivity index (χ1) is 11.5. The summed E-state index contributed by atoms with van der Waals surface area (Å²) < 4.78 is 14.0. The fraction of sp³-hybridized carbons (Fsp3) is 0.263. The Morgan fingerprint density at radius 1 is 1.29 bits per heavy atom. The Morgan fingerprint density at radius 3 is 2.83 bits per heavy atom. The maximum atomic E-state index is 13.0. The van der Waals surface area contributed by atoms with Gasteiger partial charge in [-0.05, 0) is 54.7 Å². The normalized spacial score (nSPS) is 19.5. The average molecular weight is 340 g/mol. The number of amides is 1. The molecule has 1 heterocycles. The number of rotatable bonds is 3. The average Bonchev–Trinajstić information content (AvgIpc) is 3.15. The van der Waals surface area contributed by atoms with E-state index in [1.807, 2.05) is 12.1 Å². The van der Waals surface area contributed by atoms with Crippen molar-refractivity contribution in [2.24, 2.45) is 5.92 Å². The van der Waals surface area contributed by atoms with E-state index in [4.69, 9.17) is 0 Å². The third kappa shape index (κ3) is 2.69. The highest BCUT2D eigenvalue weighted by Gasteiger charge is 2.43. The number of halogens is 1. The van der Waals surface area contributed by atoms with Gasteiger partial charge < -0.3 is 5.32 Å². The van der Waals surface area contributed by atoms with Crippen LogP contribution in [0.25, 0.3) is 21.3 Å². The molecule has 0 aliphatic heterocycles. The van der Waals surface area contributed by atoms with Gasteiger partial charge in [-0.1, -0.05) is 35.6 Å². The molecule has 3 aromatic rings. The third-order valence-electron chi connectivity index (χ3n) is 4.58. The second-order valence-electron chi connectivity index (χ2n) is 6.30. The predicted octanol–water partition coefficient (Wildman–Crippen LogP) is 4.88. The Hall–Kier alpha value is -2.27. The largest absolute Gasteiger partial charge is 0.302 e. The van der Waals surface area contributed by atoms with Gasteiger partial charge in [0.1, 0.15) is 6.17 Å². The zero-order valence-corrected chi connectivity index (χ0v) is 14.3. The summed E-state index contributed by atoms with van der Waals surface area (Å²) in [6.07, 6.45) is -0.664. The molecule has 3 nitrogen and oxygen atoms in total. The number of alkyl halides is 1. The summed E-state index contributed by atoms with van der Waals surface area (Å²) in [6, 6.07) is 12.4. The molecule has 1 aromatic heterocycles. The summed E-state index contributed by atoms with van der Waals surface area (Å²) in [5, 5.41) is 3.27. The highest BCUT2D eigenvalue weighted by atomic mass is 32.1. The standard InChI is InChI=1S/C19H17FN2OS/c1-10-4-3-5-13(11(10)2)12-6-7-16-17(8-12)24-19(21-16)22-18(23)14-9-15(14)20/h3-8,14-15H,9H2,1-2H3,(H,21,22,23). The molecule has 1 aliphatic carbocycles. The minimum Gasteiger partial charge on any atom is -0.302 e. The number of carbonyl (C=O) groups excluding carboxylic acids is 1. The topological polar surface area (TPSA) is 42.0 Å². The van der Waals surface area contributed by atoms with Gasteiger partial charge in [0.25, 0.3) is 0 Å². The van der Waals surface area contributed by atoms with Gasteiger partial charge >= 0.3 is 0 Å². The molecule has 24 heavy (non-hydrogen) atoms. The van der Waals surface area contributed by atoms with Crippen molar-refractivity contribution in [1.29, 1.82) is 0 Å². The van der Waals surface area contributed by atoms with E-state index in [2.05, 4.69) is 48.4 Å². The Kier molecular flexibility index (Phi) is 3.61. The van der Waals surface area contributed by atoms with E-state index in [1.165, 1.54) is 28.0 Å². The summed E-state index contributed by atoms with van der Waals surface area (Å²) >= 11 is 1.43. The number of benzene rings is 2. The van der Waals surface area contributed by atoms with Gasteiger partial charge in [0.2, 0.25) is 5.91 Å². The van der Waals surface area contributed by atoms with Crippen molar-refractivity contribution in [3.05, 3.63) is 47.5 Å². The number of nitrogens with one attached hydrogen (secondary N) is 1. The molecule has 0 bridgehead atoms. The molecule has 1 amide bonds. The molecule has 1 saturated carbocycles. The van der Waals surface area contributed by atoms with Gasteiger partial charge in [-0.25, -0.2) is 9.37 Å². The van der Waals surface area contributed by atoms with Crippen molar-refractivity contribution < 1.29 is 9.18 Å². The lowest BCUT2D eigenvalue weighted by Crippen LogP contribution is -2.14. The molecule has 0 saturated heterocycles. The van der Waals surface area contributed by atoms with Gasteiger partial charge in [-0.15, -0.1) is 0 Å². The van der Waals surface area contributed by atoms with E-state index in [9.17, 15) is 9.18 Å². The van der Waals surface area contributed by atoms with E-state index in [0.29, 0.717) is 11.6 Å². The first kappa shape index (κ1) is 15.3. The van der Waals surface area contributed by atoms with Crippen molar-refractivity contribution in [3.8, 4) is 11.1 Å². The zero-order valence-electron chi connectivity index (χ0n) is 13.5. The molecule has 4 rings (SSSR count). The van der Waals surface area contributed by atoms with Crippen LogP contribution < -0.4 is 5.32 Å². The molecule has 2 atom stereocenters. The first-order valence-electron chi connectivity index (χ1n) is 7.95. The van der Waals surface area contributed by atoms with Crippen LogP contribution in [0.5, 0.6) is 0 Å². The molecule has 0 spiro atoms. The maximum Gasteiger partial charge on any atom is 0.232 e. The lowest BCUT2D eigenvalue weighted by atomic mass is 9.97. The van der Waals surface area contributed by atoms with Crippen LogP contribution in [0.2, 0.25) is 0 Å². The Bertz CT molecular complexity index is 950. The summed E-state index contributed by atoms with van der Waals surface area (Å²) in [5.74, 6) is -0.765. The third-order valence-corrected chi connectivity index (χ3v) is 5.52. The number of fused-ring (bicyclic) bond motifs is 1. The lowest BCUT2D eigenvalue weighted by molar-refractivity contribution is -0.117. The van der Waals surface area contributed by atoms with Crippen LogP contribution in [0.4, 0.5) is 9.52 Å². The quantitative estimate of drug-likeness (QED) is 0.738. The molecule has 1 aliphatic rings.